The van der Waals surface area contributed by atoms with E-state index in [1.54, 1.807) is 0 Å². The summed E-state index contributed by atoms with van der Waals surface area (Å²) >= 11 is 0. The van der Waals surface area contributed by atoms with Gasteiger partial charge in [0.05, 0.1) is 6.54 Å². The number of nitrogens with zero attached hydrogens (tertiary/aromatic N) is 2. The maximum atomic E-state index is 11.9. The van der Waals surface area contributed by atoms with E-state index >= 15 is 0 Å². The average Bonchev–Trinajstić information content (AvgIpc) is 2.27. The highest BCUT2D eigenvalue weighted by Crippen LogP contribution is 2.32. The Kier molecular flexibility index (Phi) is 3.97. The fourth-order valence-corrected chi connectivity index (χ4v) is 2.96. The number of hydrogen-bond donors (Lipinski definition) is 0. The number of morpholine rings is 1. The van der Waals surface area contributed by atoms with Crippen LogP contribution in [0, 0.1) is 5.92 Å². The smallest absolute Gasteiger partial charge is 0.251 e. The molecule has 0 bridgehead atoms. The molecule has 1 amide bonds. The Hall–Kier alpha value is -0.610. The summed E-state index contributed by atoms with van der Waals surface area (Å²) in [5.41, 5.74) is -0.0830. The van der Waals surface area contributed by atoms with Crippen LogP contribution >= 0.6 is 0 Å². The van der Waals surface area contributed by atoms with Gasteiger partial charge in [0.1, 0.15) is 11.7 Å². The van der Waals surface area contributed by atoms with Gasteiger partial charge < -0.3 is 9.64 Å². The third kappa shape index (κ3) is 2.69. The lowest BCUT2D eigenvalue weighted by molar-refractivity contribution is -0.214. The second-order valence-electron chi connectivity index (χ2n) is 6.19. The van der Waals surface area contributed by atoms with Crippen molar-refractivity contribution in [3.63, 3.8) is 0 Å². The zero-order chi connectivity index (χ0) is 13.3. The highest BCUT2D eigenvalue weighted by molar-refractivity contribution is 5.81. The van der Waals surface area contributed by atoms with Crippen molar-refractivity contribution >= 4 is 5.91 Å². The molecule has 2 rings (SSSR count). The van der Waals surface area contributed by atoms with Crippen LogP contribution in [0.2, 0.25) is 0 Å². The van der Waals surface area contributed by atoms with Crippen LogP contribution in [-0.4, -0.2) is 60.1 Å². The first-order valence-corrected chi connectivity index (χ1v) is 7.15. The minimum Gasteiger partial charge on any atom is -0.358 e. The molecule has 18 heavy (non-hydrogen) atoms. The van der Waals surface area contributed by atoms with Gasteiger partial charge in [0.15, 0.2) is 0 Å². The predicted octanol–water partition coefficient (Wildman–Crippen LogP) is 1.35. The Morgan fingerprint density at radius 1 is 1.39 bits per heavy atom. The number of amides is 1. The van der Waals surface area contributed by atoms with Crippen LogP contribution in [0.25, 0.3) is 0 Å². The van der Waals surface area contributed by atoms with Crippen LogP contribution in [0.1, 0.15) is 34.1 Å². The fraction of sp³-hybridized carbons (Fsp3) is 0.929. The van der Waals surface area contributed by atoms with Crippen molar-refractivity contribution < 1.29 is 9.53 Å². The molecule has 4 nitrogen and oxygen atoms in total. The molecule has 2 fully saturated rings. The van der Waals surface area contributed by atoms with Crippen molar-refractivity contribution in [2.24, 2.45) is 5.92 Å². The average molecular weight is 254 g/mol. The maximum absolute atomic E-state index is 11.9. The van der Waals surface area contributed by atoms with Crippen LogP contribution in [0.5, 0.6) is 0 Å². The van der Waals surface area contributed by atoms with Crippen LogP contribution in [0.4, 0.5) is 0 Å². The Morgan fingerprint density at radius 3 is 2.61 bits per heavy atom. The van der Waals surface area contributed by atoms with Gasteiger partial charge in [-0.25, -0.2) is 0 Å². The lowest BCUT2D eigenvalue weighted by atomic mass is 9.90. The molecular weight excluding hydrogens is 228 g/mol. The van der Waals surface area contributed by atoms with E-state index in [0.29, 0.717) is 0 Å². The van der Waals surface area contributed by atoms with Crippen molar-refractivity contribution in [2.75, 3.05) is 32.7 Å². The molecule has 0 aromatic rings. The van der Waals surface area contributed by atoms with Gasteiger partial charge in [-0.1, -0.05) is 13.8 Å². The van der Waals surface area contributed by atoms with Gasteiger partial charge in [-0.2, -0.15) is 0 Å². The van der Waals surface area contributed by atoms with Gasteiger partial charge in [-0.15, -0.1) is 0 Å². The lowest BCUT2D eigenvalue weighted by Gasteiger charge is -2.55. The topological polar surface area (TPSA) is 32.8 Å². The lowest BCUT2D eigenvalue weighted by Crippen LogP contribution is -2.72. The van der Waals surface area contributed by atoms with E-state index in [0.717, 1.165) is 38.6 Å². The summed E-state index contributed by atoms with van der Waals surface area (Å²) in [5.74, 6) is 0.894. The summed E-state index contributed by atoms with van der Waals surface area (Å²) < 4.78 is 5.96. The number of hydrogen-bond acceptors (Lipinski definition) is 3. The minimum atomic E-state index is -0.272. The van der Waals surface area contributed by atoms with Crippen molar-refractivity contribution in [1.82, 2.24) is 9.80 Å². The normalized spacial score (nSPS) is 27.9. The van der Waals surface area contributed by atoms with E-state index < -0.39 is 0 Å². The van der Waals surface area contributed by atoms with Crippen LogP contribution < -0.4 is 0 Å². The van der Waals surface area contributed by atoms with E-state index in [4.69, 9.17) is 4.74 Å². The molecule has 2 heterocycles. The number of likely N-dealkylation sites (N-methyl/N-ethyl adjacent to an activating group) is 1. The Labute approximate surface area is 110 Å². The van der Waals surface area contributed by atoms with Crippen molar-refractivity contribution in [1.29, 1.82) is 0 Å². The number of likely N-dealkylation sites (tertiary alicyclic amines) is 1. The van der Waals surface area contributed by atoms with Gasteiger partial charge >= 0.3 is 0 Å². The Bertz CT molecular complexity index is 311. The molecule has 0 saturated carbocycles. The SMILES string of the molecule is CCN1CC2(CN(CCC(C)C)C2)O[C@H](C)C1=O. The van der Waals surface area contributed by atoms with E-state index in [1.165, 1.54) is 6.42 Å². The van der Waals surface area contributed by atoms with E-state index in [-0.39, 0.29) is 17.6 Å². The highest BCUT2D eigenvalue weighted by atomic mass is 16.5. The largest absolute Gasteiger partial charge is 0.358 e. The van der Waals surface area contributed by atoms with Gasteiger partial charge in [-0.3, -0.25) is 9.69 Å². The number of ether oxygens (including phenoxy) is 1. The molecule has 0 aliphatic carbocycles. The molecule has 2 aliphatic heterocycles. The third-order valence-electron chi connectivity index (χ3n) is 3.99. The Morgan fingerprint density at radius 2 is 2.06 bits per heavy atom. The molecule has 2 saturated heterocycles. The summed E-state index contributed by atoms with van der Waals surface area (Å²) in [6.07, 6.45) is 0.966. The monoisotopic (exact) mass is 254 g/mol. The Balaban J connectivity index is 1.86. The number of carbonyl (C=O) groups is 1. The van der Waals surface area contributed by atoms with E-state index in [2.05, 4.69) is 18.7 Å². The van der Waals surface area contributed by atoms with Crippen LogP contribution in [-0.2, 0) is 9.53 Å². The molecule has 1 spiro atoms. The van der Waals surface area contributed by atoms with Crippen LogP contribution in [0.15, 0.2) is 0 Å². The molecule has 0 N–H and O–H groups in total. The molecule has 104 valence electrons. The molecule has 1 atom stereocenters. The van der Waals surface area contributed by atoms with Gasteiger partial charge in [0.2, 0.25) is 0 Å². The zero-order valence-electron chi connectivity index (χ0n) is 12.1. The van der Waals surface area contributed by atoms with Crippen molar-refractivity contribution in [3.8, 4) is 0 Å². The summed E-state index contributed by atoms with van der Waals surface area (Å²) in [5, 5.41) is 0. The van der Waals surface area contributed by atoms with Gasteiger partial charge in [0, 0.05) is 19.6 Å². The third-order valence-corrected chi connectivity index (χ3v) is 3.99. The molecule has 4 heteroatoms. The first-order valence-electron chi connectivity index (χ1n) is 7.15. The van der Waals surface area contributed by atoms with E-state index in [1.807, 2.05) is 18.7 Å². The van der Waals surface area contributed by atoms with Crippen molar-refractivity contribution in [3.05, 3.63) is 0 Å². The highest BCUT2D eigenvalue weighted by Gasteiger charge is 2.50. The number of carbonyl (C=O) groups excluding carboxylic acids is 1. The van der Waals surface area contributed by atoms with Crippen LogP contribution in [0.3, 0.4) is 0 Å². The second-order valence-corrected chi connectivity index (χ2v) is 6.19. The molecule has 0 unspecified atom stereocenters. The quantitative estimate of drug-likeness (QED) is 0.759. The van der Waals surface area contributed by atoms with Crippen molar-refractivity contribution in [2.45, 2.75) is 45.8 Å². The van der Waals surface area contributed by atoms with Gasteiger partial charge in [0.25, 0.3) is 5.91 Å². The number of rotatable bonds is 4. The minimum absolute atomic E-state index is 0.0830. The standard InChI is InChI=1S/C14H26N2O2/c1-5-16-10-14(18-12(4)13(16)17)8-15(9-14)7-6-11(2)3/h11-12H,5-10H2,1-4H3/t12-/m1/s1. The molecular formula is C14H26N2O2. The first-order chi connectivity index (χ1) is 8.46. The zero-order valence-corrected chi connectivity index (χ0v) is 12.1. The summed E-state index contributed by atoms with van der Waals surface area (Å²) in [7, 11) is 0. The summed E-state index contributed by atoms with van der Waals surface area (Å²) in [4.78, 5) is 16.2. The second kappa shape index (κ2) is 5.17. The maximum Gasteiger partial charge on any atom is 0.251 e. The molecule has 0 aromatic carbocycles. The molecule has 0 radical (unpaired) electrons. The molecule has 0 aromatic heterocycles. The first kappa shape index (κ1) is 13.8. The van der Waals surface area contributed by atoms with Gasteiger partial charge in [-0.05, 0) is 32.7 Å². The van der Waals surface area contributed by atoms with E-state index in [9.17, 15) is 4.79 Å². The fourth-order valence-electron chi connectivity index (χ4n) is 2.96. The summed E-state index contributed by atoms with van der Waals surface area (Å²) in [6, 6.07) is 0. The molecule has 2 aliphatic rings. The summed E-state index contributed by atoms with van der Waals surface area (Å²) in [6.45, 7) is 13.1. The predicted molar refractivity (Wildman–Crippen MR) is 71.4 cm³/mol.